The Kier molecular flexibility index (Phi) is 10.7. The number of imide groups is 1. The van der Waals surface area contributed by atoms with Crippen LogP contribution >= 0.6 is 11.6 Å². The first-order valence-electron chi connectivity index (χ1n) is 22.3. The predicted octanol–water partition coefficient (Wildman–Crippen LogP) is 7.04. The highest BCUT2D eigenvalue weighted by Gasteiger charge is 2.51. The number of hydrogen-bond acceptors (Lipinski definition) is 11. The summed E-state index contributed by atoms with van der Waals surface area (Å²) in [4.78, 5) is 50.0. The molecule has 3 N–H and O–H groups in total. The van der Waals surface area contributed by atoms with E-state index in [0.717, 1.165) is 86.8 Å². The van der Waals surface area contributed by atoms with Gasteiger partial charge in [-0.15, -0.1) is 0 Å². The molecule has 4 fully saturated rings. The molecule has 5 aliphatic rings. The molecule has 1 saturated carbocycles. The number of nitrogens with one attached hydrogen (secondary N) is 3. The van der Waals surface area contributed by atoms with E-state index in [1.807, 2.05) is 49.8 Å². The van der Waals surface area contributed by atoms with E-state index in [4.69, 9.17) is 26.4 Å². The molecule has 332 valence electrons. The number of hydrogen-bond donors (Lipinski definition) is 3. The molecule has 0 bridgehead atoms. The molecule has 3 aromatic heterocycles. The van der Waals surface area contributed by atoms with Crippen LogP contribution in [0.2, 0.25) is 5.02 Å². The van der Waals surface area contributed by atoms with Gasteiger partial charge >= 0.3 is 5.92 Å². The average Bonchev–Trinajstić information content (AvgIpc) is 4.07. The van der Waals surface area contributed by atoms with E-state index in [9.17, 15) is 14.4 Å². The Hall–Kier alpha value is -5.48. The summed E-state index contributed by atoms with van der Waals surface area (Å²) >= 11 is 6.73. The first kappa shape index (κ1) is 41.5. The molecule has 5 aromatic rings. The molecule has 0 spiro atoms. The van der Waals surface area contributed by atoms with Crippen LogP contribution in [-0.2, 0) is 16.6 Å². The van der Waals surface area contributed by atoms with Crippen LogP contribution in [0.3, 0.4) is 0 Å². The first-order chi connectivity index (χ1) is 30.3. The highest BCUT2D eigenvalue weighted by molar-refractivity contribution is 6.33. The fourth-order valence-electron chi connectivity index (χ4n) is 10.1. The highest BCUT2D eigenvalue weighted by Crippen LogP contribution is 2.46. The van der Waals surface area contributed by atoms with Crippen molar-refractivity contribution in [2.45, 2.75) is 76.3 Å². The maximum absolute atomic E-state index is 15.3. The molecule has 2 atom stereocenters. The molecule has 2 amide bonds. The van der Waals surface area contributed by atoms with Crippen LogP contribution in [0.15, 0.2) is 53.5 Å². The number of aryl methyl sites for hydroxylation is 1. The third-order valence-corrected chi connectivity index (χ3v) is 14.0. The summed E-state index contributed by atoms with van der Waals surface area (Å²) in [6, 6.07) is 12.6. The number of alkyl halides is 2. The van der Waals surface area contributed by atoms with Crippen molar-refractivity contribution in [1.29, 1.82) is 0 Å². The molecule has 10 rings (SSSR count). The normalized spacial score (nSPS) is 22.2. The summed E-state index contributed by atoms with van der Waals surface area (Å²) in [5, 5.41) is 15.7. The monoisotopic (exact) mass is 882 g/mol. The van der Waals surface area contributed by atoms with E-state index in [-0.39, 0.29) is 29.5 Å². The van der Waals surface area contributed by atoms with Gasteiger partial charge in [-0.05, 0) is 94.2 Å². The number of carbonyl (C=O) groups excluding carboxylic acids is 2. The molecule has 4 aliphatic heterocycles. The van der Waals surface area contributed by atoms with Crippen LogP contribution in [0.1, 0.15) is 70.0 Å². The van der Waals surface area contributed by atoms with Crippen LogP contribution in [0.4, 0.5) is 37.3 Å². The van der Waals surface area contributed by atoms with Crippen molar-refractivity contribution in [2.24, 2.45) is 18.9 Å². The van der Waals surface area contributed by atoms with Crippen molar-refractivity contribution < 1.29 is 23.1 Å². The highest BCUT2D eigenvalue weighted by atomic mass is 35.5. The summed E-state index contributed by atoms with van der Waals surface area (Å²) in [6.45, 7) is 9.41. The molecule has 63 heavy (non-hydrogen) atoms. The summed E-state index contributed by atoms with van der Waals surface area (Å²) < 4.78 is 39.7. The fourth-order valence-corrected chi connectivity index (χ4v) is 10.3. The summed E-state index contributed by atoms with van der Waals surface area (Å²) in [5.74, 6) is -2.88. The zero-order valence-electron chi connectivity index (χ0n) is 35.8. The van der Waals surface area contributed by atoms with Crippen LogP contribution in [-0.4, -0.2) is 100 Å². The number of fused-ring (bicyclic) bond motifs is 4. The topological polar surface area (TPSA) is 142 Å². The first-order valence-corrected chi connectivity index (χ1v) is 22.6. The van der Waals surface area contributed by atoms with Gasteiger partial charge in [0.25, 0.3) is 5.56 Å². The van der Waals surface area contributed by atoms with Crippen LogP contribution in [0.25, 0.3) is 21.8 Å². The number of piperidine rings is 2. The zero-order valence-corrected chi connectivity index (χ0v) is 36.6. The lowest BCUT2D eigenvalue weighted by atomic mass is 9.92. The fraction of sp³-hybridized carbons (Fsp3) is 0.500. The van der Waals surface area contributed by atoms with Crippen molar-refractivity contribution >= 4 is 73.8 Å². The van der Waals surface area contributed by atoms with Crippen molar-refractivity contribution in [1.82, 2.24) is 29.5 Å². The molecule has 2 aromatic carbocycles. The minimum Gasteiger partial charge on any atom is -0.480 e. The largest absolute Gasteiger partial charge is 0.480 e. The lowest BCUT2D eigenvalue weighted by Gasteiger charge is -2.39. The Bertz CT molecular complexity index is 2670. The van der Waals surface area contributed by atoms with Crippen molar-refractivity contribution in [2.75, 3.05) is 72.9 Å². The van der Waals surface area contributed by atoms with Gasteiger partial charge < -0.3 is 29.7 Å². The minimum atomic E-state index is -3.13. The summed E-state index contributed by atoms with van der Waals surface area (Å²) in [5.41, 5.74) is 4.74. The number of pyridine rings is 2. The van der Waals surface area contributed by atoms with Gasteiger partial charge in [-0.3, -0.25) is 29.3 Å². The number of halogens is 3. The smallest absolute Gasteiger partial charge is 0.301 e. The molecule has 1 aliphatic carbocycles. The lowest BCUT2D eigenvalue weighted by Crippen LogP contribution is -2.49. The Morgan fingerprint density at radius 3 is 2.43 bits per heavy atom. The number of anilines is 5. The molecule has 7 heterocycles. The predicted molar refractivity (Wildman–Crippen MR) is 241 cm³/mol. The number of carbonyl (C=O) groups is 2. The van der Waals surface area contributed by atoms with Gasteiger partial charge in [-0.25, -0.2) is 13.8 Å². The second-order valence-corrected chi connectivity index (χ2v) is 18.7. The number of piperazine rings is 1. The van der Waals surface area contributed by atoms with Gasteiger partial charge in [0.1, 0.15) is 5.82 Å². The van der Waals surface area contributed by atoms with Crippen molar-refractivity contribution in [3.8, 4) is 5.75 Å². The van der Waals surface area contributed by atoms with Gasteiger partial charge in [0, 0.05) is 93.5 Å². The standard InChI is InChI=1S/C46H53ClF2N10O4/c1-26(2)59-36-10-6-29(20-33(36)41-42(45(59)62)63-25-46(48,49)43(53-41)28-4-5-28)51-35-22-38(50-23-34(35)47)58-18-16-56(17-19-58)24-27-12-14-57(15-13-27)30-7-8-31-37(21-30)55(3)54-40(31)32-9-11-39(60)52-44(32)61/h6-8,10,20-23,26-28,32,43,53H,4-5,9,11-19,24-25H2,1-3H3,(H,50,51)(H,52,60,61)/t32?,43-/m0/s1. The number of nitrogens with zero attached hydrogens (tertiary/aromatic N) is 7. The number of benzene rings is 2. The summed E-state index contributed by atoms with van der Waals surface area (Å²) in [6.07, 6.45) is 6.07. The van der Waals surface area contributed by atoms with Crippen LogP contribution in [0.5, 0.6) is 5.75 Å². The molecular formula is C46H53ClF2N10O4. The molecule has 1 unspecified atom stereocenters. The Balaban J connectivity index is 0.776. The van der Waals surface area contributed by atoms with E-state index in [1.165, 1.54) is 0 Å². The van der Waals surface area contributed by atoms with E-state index in [0.29, 0.717) is 64.6 Å². The lowest BCUT2D eigenvalue weighted by molar-refractivity contribution is -0.134. The Morgan fingerprint density at radius 2 is 1.70 bits per heavy atom. The Morgan fingerprint density at radius 1 is 0.921 bits per heavy atom. The van der Waals surface area contributed by atoms with Gasteiger partial charge in [0.2, 0.25) is 17.6 Å². The minimum absolute atomic E-state index is 0.0754. The van der Waals surface area contributed by atoms with E-state index < -0.39 is 30.0 Å². The van der Waals surface area contributed by atoms with Crippen LogP contribution in [0, 0.1) is 11.8 Å². The van der Waals surface area contributed by atoms with Crippen molar-refractivity contribution in [3.05, 3.63) is 69.7 Å². The third-order valence-electron chi connectivity index (χ3n) is 13.7. The second-order valence-electron chi connectivity index (χ2n) is 18.3. The van der Waals surface area contributed by atoms with Crippen molar-refractivity contribution in [3.63, 3.8) is 0 Å². The SMILES string of the molecule is CC(C)n1c(=O)c2c(c3cc(Nc4cc(N5CCN(CC6CCN(c7ccc8c(C9CCC(=O)NC9=O)nn(C)c8c7)CC6)CC5)ncc4Cl)ccc31)N[C@@H](C1CC1)C(F)(F)CO2. The summed E-state index contributed by atoms with van der Waals surface area (Å²) in [7, 11) is 1.91. The maximum atomic E-state index is 15.3. The third kappa shape index (κ3) is 7.93. The molecule has 14 nitrogen and oxygen atoms in total. The second kappa shape index (κ2) is 16.3. The number of aromatic nitrogens is 4. The van der Waals surface area contributed by atoms with Gasteiger partial charge in [0.05, 0.1) is 51.3 Å². The maximum Gasteiger partial charge on any atom is 0.301 e. The molecule has 17 heteroatoms. The Labute approximate surface area is 368 Å². The van der Waals surface area contributed by atoms with Gasteiger partial charge in [0.15, 0.2) is 6.61 Å². The van der Waals surface area contributed by atoms with E-state index in [1.54, 1.807) is 10.8 Å². The molecule has 0 radical (unpaired) electrons. The van der Waals surface area contributed by atoms with E-state index in [2.05, 4.69) is 48.8 Å². The molecule has 3 saturated heterocycles. The number of rotatable bonds is 9. The number of amides is 2. The van der Waals surface area contributed by atoms with E-state index >= 15 is 8.78 Å². The average molecular weight is 883 g/mol. The molecular weight excluding hydrogens is 830 g/mol. The van der Waals surface area contributed by atoms with Gasteiger partial charge in [-0.2, -0.15) is 5.10 Å². The quantitative estimate of drug-likeness (QED) is 0.131. The zero-order chi connectivity index (χ0) is 43.7. The van der Waals surface area contributed by atoms with Crippen LogP contribution < -0.4 is 36.0 Å². The number of ether oxygens (including phenoxy) is 1. The van der Waals surface area contributed by atoms with Gasteiger partial charge in [-0.1, -0.05) is 11.6 Å².